The molecule has 3 N–H and O–H groups in total. The molecule has 0 bridgehead atoms. The molecule has 5 nitrogen and oxygen atoms in total. The third-order valence-corrected chi connectivity index (χ3v) is 2.17. The van der Waals surface area contributed by atoms with E-state index in [1.807, 2.05) is 20.8 Å². The molecule has 0 aromatic rings. The van der Waals surface area contributed by atoms with Gasteiger partial charge in [-0.15, -0.1) is 0 Å². The van der Waals surface area contributed by atoms with Crippen LogP contribution in [0.15, 0.2) is 0 Å². The van der Waals surface area contributed by atoms with E-state index in [0.717, 1.165) is 0 Å². The van der Waals surface area contributed by atoms with Gasteiger partial charge in [0.2, 0.25) is 11.8 Å². The number of nitrogens with two attached hydrogens (primary N) is 1. The molecular formula is C11H23N3O2. The lowest BCUT2D eigenvalue weighted by Crippen LogP contribution is -2.46. The van der Waals surface area contributed by atoms with Gasteiger partial charge in [0.25, 0.3) is 0 Å². The van der Waals surface area contributed by atoms with E-state index in [0.29, 0.717) is 18.9 Å². The maximum atomic E-state index is 11.7. The second kappa shape index (κ2) is 7.22. The maximum Gasteiger partial charge on any atom is 0.239 e. The fourth-order valence-electron chi connectivity index (χ4n) is 1.44. The van der Waals surface area contributed by atoms with E-state index < -0.39 is 6.04 Å². The number of nitrogens with one attached hydrogen (secondary N) is 1. The summed E-state index contributed by atoms with van der Waals surface area (Å²) in [5.41, 5.74) is 5.75. The van der Waals surface area contributed by atoms with Crippen molar-refractivity contribution in [2.75, 3.05) is 20.1 Å². The van der Waals surface area contributed by atoms with Crippen LogP contribution in [0.5, 0.6) is 0 Å². The van der Waals surface area contributed by atoms with Crippen molar-refractivity contribution < 1.29 is 9.59 Å². The highest BCUT2D eigenvalue weighted by molar-refractivity contribution is 5.87. The van der Waals surface area contributed by atoms with Crippen molar-refractivity contribution in [2.45, 2.75) is 33.2 Å². The van der Waals surface area contributed by atoms with Crippen LogP contribution in [-0.2, 0) is 9.59 Å². The molecule has 0 heterocycles. The van der Waals surface area contributed by atoms with Crippen LogP contribution in [0.3, 0.4) is 0 Å². The van der Waals surface area contributed by atoms with Crippen LogP contribution in [0.2, 0.25) is 0 Å². The molecule has 0 spiro atoms. The second-order valence-corrected chi connectivity index (χ2v) is 4.38. The Morgan fingerprint density at radius 2 is 1.94 bits per heavy atom. The van der Waals surface area contributed by atoms with Crippen molar-refractivity contribution in [3.05, 3.63) is 0 Å². The van der Waals surface area contributed by atoms with Crippen LogP contribution in [0.25, 0.3) is 0 Å². The summed E-state index contributed by atoms with van der Waals surface area (Å²) in [5, 5.41) is 2.64. The first-order valence-corrected chi connectivity index (χ1v) is 5.65. The van der Waals surface area contributed by atoms with Gasteiger partial charge in [-0.25, -0.2) is 0 Å². The molecule has 2 amide bonds. The number of hydrogen-bond acceptors (Lipinski definition) is 3. The van der Waals surface area contributed by atoms with Crippen LogP contribution >= 0.6 is 0 Å². The Kier molecular flexibility index (Phi) is 6.72. The molecule has 16 heavy (non-hydrogen) atoms. The zero-order valence-electron chi connectivity index (χ0n) is 10.6. The average Bonchev–Trinajstić information content (AvgIpc) is 2.15. The molecule has 0 saturated carbocycles. The highest BCUT2D eigenvalue weighted by atomic mass is 16.2. The standard InChI is InChI=1S/C11H23N3O2/c1-5-13-10(15)7-14(4)11(16)9(12)6-8(2)3/h8-9H,5-7,12H2,1-4H3,(H,13,15). The highest BCUT2D eigenvalue weighted by Crippen LogP contribution is 2.04. The first kappa shape index (κ1) is 14.9. The summed E-state index contributed by atoms with van der Waals surface area (Å²) in [4.78, 5) is 24.4. The minimum atomic E-state index is -0.514. The van der Waals surface area contributed by atoms with E-state index in [-0.39, 0.29) is 18.4 Å². The van der Waals surface area contributed by atoms with Gasteiger partial charge in [0.05, 0.1) is 12.6 Å². The van der Waals surface area contributed by atoms with Gasteiger partial charge in [-0.05, 0) is 19.3 Å². The molecule has 0 radical (unpaired) electrons. The number of carbonyl (C=O) groups excluding carboxylic acids is 2. The minimum Gasteiger partial charge on any atom is -0.355 e. The molecule has 0 rings (SSSR count). The summed E-state index contributed by atoms with van der Waals surface area (Å²) in [7, 11) is 1.60. The minimum absolute atomic E-state index is 0.0679. The lowest BCUT2D eigenvalue weighted by Gasteiger charge is -2.21. The number of carbonyl (C=O) groups is 2. The third-order valence-electron chi connectivity index (χ3n) is 2.17. The Labute approximate surface area is 97.4 Å². The van der Waals surface area contributed by atoms with Crippen molar-refractivity contribution in [3.8, 4) is 0 Å². The van der Waals surface area contributed by atoms with Crippen molar-refractivity contribution in [2.24, 2.45) is 11.7 Å². The van der Waals surface area contributed by atoms with Crippen molar-refractivity contribution in [1.29, 1.82) is 0 Å². The van der Waals surface area contributed by atoms with Crippen LogP contribution in [0.4, 0.5) is 0 Å². The Morgan fingerprint density at radius 1 is 1.38 bits per heavy atom. The molecule has 5 heteroatoms. The summed E-state index contributed by atoms with van der Waals surface area (Å²) in [6.07, 6.45) is 0.637. The van der Waals surface area contributed by atoms with Gasteiger partial charge in [-0.3, -0.25) is 9.59 Å². The predicted molar refractivity (Wildman–Crippen MR) is 63.8 cm³/mol. The largest absolute Gasteiger partial charge is 0.355 e. The number of hydrogen-bond donors (Lipinski definition) is 2. The van der Waals surface area contributed by atoms with Crippen LogP contribution < -0.4 is 11.1 Å². The molecule has 0 aliphatic heterocycles. The van der Waals surface area contributed by atoms with Crippen molar-refractivity contribution in [3.63, 3.8) is 0 Å². The maximum absolute atomic E-state index is 11.7. The van der Waals surface area contributed by atoms with Crippen molar-refractivity contribution >= 4 is 11.8 Å². The molecule has 1 unspecified atom stereocenters. The van der Waals surface area contributed by atoms with Gasteiger partial charge in [0.15, 0.2) is 0 Å². The van der Waals surface area contributed by atoms with Gasteiger partial charge in [0, 0.05) is 13.6 Å². The number of amides is 2. The summed E-state index contributed by atoms with van der Waals surface area (Å²) in [5.74, 6) is 0.0341. The summed E-state index contributed by atoms with van der Waals surface area (Å²) >= 11 is 0. The smallest absolute Gasteiger partial charge is 0.239 e. The highest BCUT2D eigenvalue weighted by Gasteiger charge is 2.20. The molecule has 0 aliphatic rings. The lowest BCUT2D eigenvalue weighted by atomic mass is 10.0. The second-order valence-electron chi connectivity index (χ2n) is 4.38. The Hall–Kier alpha value is -1.10. The lowest BCUT2D eigenvalue weighted by molar-refractivity contribution is -0.136. The third kappa shape index (κ3) is 5.70. The zero-order valence-corrected chi connectivity index (χ0v) is 10.6. The van der Waals surface area contributed by atoms with Crippen LogP contribution in [0.1, 0.15) is 27.2 Å². The van der Waals surface area contributed by atoms with Crippen LogP contribution in [-0.4, -0.2) is 42.9 Å². The monoisotopic (exact) mass is 229 g/mol. The molecule has 0 aromatic heterocycles. The fraction of sp³-hybridized carbons (Fsp3) is 0.818. The van der Waals surface area contributed by atoms with Gasteiger partial charge >= 0.3 is 0 Å². The van der Waals surface area contributed by atoms with Gasteiger partial charge < -0.3 is 16.0 Å². The quantitative estimate of drug-likeness (QED) is 0.671. The topological polar surface area (TPSA) is 75.4 Å². The molecule has 0 saturated heterocycles. The average molecular weight is 229 g/mol. The zero-order chi connectivity index (χ0) is 12.7. The van der Waals surface area contributed by atoms with Gasteiger partial charge in [-0.1, -0.05) is 13.8 Å². The number of rotatable bonds is 6. The van der Waals surface area contributed by atoms with E-state index >= 15 is 0 Å². The first-order chi connectivity index (χ1) is 7.38. The number of nitrogens with zero attached hydrogens (tertiary/aromatic N) is 1. The van der Waals surface area contributed by atoms with E-state index in [4.69, 9.17) is 5.73 Å². The summed E-state index contributed by atoms with van der Waals surface area (Å²) in [6.45, 7) is 6.50. The Morgan fingerprint density at radius 3 is 2.38 bits per heavy atom. The van der Waals surface area contributed by atoms with E-state index in [9.17, 15) is 9.59 Å². The van der Waals surface area contributed by atoms with Crippen molar-refractivity contribution in [1.82, 2.24) is 10.2 Å². The Balaban J connectivity index is 4.12. The normalized spacial score (nSPS) is 12.4. The molecule has 0 aromatic carbocycles. The van der Waals surface area contributed by atoms with Gasteiger partial charge in [0.1, 0.15) is 0 Å². The predicted octanol–water partition coefficient (Wildman–Crippen LogP) is -0.0457. The molecule has 94 valence electrons. The Bertz CT molecular complexity index is 241. The summed E-state index contributed by atoms with van der Waals surface area (Å²) in [6, 6.07) is -0.514. The van der Waals surface area contributed by atoms with Crippen LogP contribution in [0, 0.1) is 5.92 Å². The number of likely N-dealkylation sites (N-methyl/N-ethyl adjacent to an activating group) is 2. The fourth-order valence-corrected chi connectivity index (χ4v) is 1.44. The van der Waals surface area contributed by atoms with Gasteiger partial charge in [-0.2, -0.15) is 0 Å². The van der Waals surface area contributed by atoms with E-state index in [2.05, 4.69) is 5.32 Å². The molecule has 0 fully saturated rings. The van der Waals surface area contributed by atoms with E-state index in [1.54, 1.807) is 7.05 Å². The first-order valence-electron chi connectivity index (χ1n) is 5.65. The molecule has 1 atom stereocenters. The SMILES string of the molecule is CCNC(=O)CN(C)C(=O)C(N)CC(C)C. The van der Waals surface area contributed by atoms with E-state index in [1.165, 1.54) is 4.90 Å². The molecule has 0 aliphatic carbocycles. The molecular weight excluding hydrogens is 206 g/mol. The summed E-state index contributed by atoms with van der Waals surface area (Å²) < 4.78 is 0.